The van der Waals surface area contributed by atoms with Crippen molar-refractivity contribution in [2.24, 2.45) is 5.92 Å². The number of hydrogen-bond acceptors (Lipinski definition) is 6. The second-order valence-corrected chi connectivity index (χ2v) is 6.13. The van der Waals surface area contributed by atoms with Gasteiger partial charge >= 0.3 is 6.01 Å². The molecule has 1 saturated heterocycles. The Bertz CT molecular complexity index is 573. The number of nitrogens with two attached hydrogens (primary N) is 1. The Labute approximate surface area is 136 Å². The summed E-state index contributed by atoms with van der Waals surface area (Å²) >= 11 is 0. The number of nitrogen functional groups attached to an aromatic ring is 1. The number of aromatic nitrogens is 2. The Hall–Kier alpha value is -1.89. The number of ether oxygens (including phenoxy) is 2. The molecule has 0 saturated carbocycles. The SMILES string of the molecule is CCCCOc1nc(N)c2c(n1)N(CC1CCOCC1)C(=O)C2. The van der Waals surface area contributed by atoms with Crippen LogP contribution in [0, 0.1) is 5.92 Å². The first kappa shape index (κ1) is 16.0. The summed E-state index contributed by atoms with van der Waals surface area (Å²) in [6, 6.07) is 0.265. The van der Waals surface area contributed by atoms with Gasteiger partial charge in [0.2, 0.25) is 5.91 Å². The number of carbonyl (C=O) groups excluding carboxylic acids is 1. The van der Waals surface area contributed by atoms with Crippen LogP contribution in [0.15, 0.2) is 0 Å². The molecule has 0 radical (unpaired) electrons. The summed E-state index contributed by atoms with van der Waals surface area (Å²) in [5.74, 6) is 1.46. The van der Waals surface area contributed by atoms with E-state index >= 15 is 0 Å². The normalized spacial score (nSPS) is 18.3. The summed E-state index contributed by atoms with van der Waals surface area (Å²) in [5, 5.41) is 0. The van der Waals surface area contributed by atoms with Crippen molar-refractivity contribution in [1.29, 1.82) is 0 Å². The Morgan fingerprint density at radius 3 is 2.87 bits per heavy atom. The van der Waals surface area contributed by atoms with E-state index in [2.05, 4.69) is 16.9 Å². The van der Waals surface area contributed by atoms with E-state index < -0.39 is 0 Å². The minimum absolute atomic E-state index is 0.0400. The van der Waals surface area contributed by atoms with Crippen molar-refractivity contribution in [1.82, 2.24) is 9.97 Å². The fraction of sp³-hybridized carbons (Fsp3) is 0.688. The van der Waals surface area contributed by atoms with E-state index in [4.69, 9.17) is 15.2 Å². The van der Waals surface area contributed by atoms with Crippen LogP contribution in [0.1, 0.15) is 38.2 Å². The van der Waals surface area contributed by atoms with Gasteiger partial charge in [0, 0.05) is 25.3 Å². The van der Waals surface area contributed by atoms with Gasteiger partial charge in [-0.25, -0.2) is 0 Å². The summed E-state index contributed by atoms with van der Waals surface area (Å²) in [6.07, 6.45) is 4.19. The monoisotopic (exact) mass is 320 g/mol. The molecule has 3 heterocycles. The van der Waals surface area contributed by atoms with E-state index in [0.717, 1.165) is 44.5 Å². The van der Waals surface area contributed by atoms with Gasteiger partial charge in [-0.2, -0.15) is 9.97 Å². The zero-order chi connectivity index (χ0) is 16.2. The fourth-order valence-electron chi connectivity index (χ4n) is 2.97. The van der Waals surface area contributed by atoms with Gasteiger partial charge in [-0.3, -0.25) is 9.69 Å². The zero-order valence-corrected chi connectivity index (χ0v) is 13.6. The minimum atomic E-state index is 0.0400. The summed E-state index contributed by atoms with van der Waals surface area (Å²) in [5.41, 5.74) is 6.73. The zero-order valence-electron chi connectivity index (χ0n) is 13.6. The molecule has 1 aromatic rings. The number of anilines is 2. The third-order valence-electron chi connectivity index (χ3n) is 4.39. The lowest BCUT2D eigenvalue weighted by atomic mass is 10.00. The molecule has 7 nitrogen and oxygen atoms in total. The lowest BCUT2D eigenvalue weighted by molar-refractivity contribution is -0.117. The molecule has 0 bridgehead atoms. The van der Waals surface area contributed by atoms with Crippen molar-refractivity contribution >= 4 is 17.5 Å². The van der Waals surface area contributed by atoms with E-state index in [1.807, 2.05) is 0 Å². The van der Waals surface area contributed by atoms with Gasteiger partial charge in [-0.15, -0.1) is 0 Å². The van der Waals surface area contributed by atoms with E-state index in [1.54, 1.807) is 4.90 Å². The summed E-state index contributed by atoms with van der Waals surface area (Å²) in [6.45, 7) is 4.84. The molecule has 1 amide bonds. The second kappa shape index (κ2) is 7.12. The van der Waals surface area contributed by atoms with Crippen LogP contribution in [0.25, 0.3) is 0 Å². The maximum Gasteiger partial charge on any atom is 0.320 e. The third kappa shape index (κ3) is 3.55. The predicted molar refractivity (Wildman–Crippen MR) is 86.4 cm³/mol. The van der Waals surface area contributed by atoms with Gasteiger partial charge in [-0.1, -0.05) is 13.3 Å². The molecule has 0 aromatic carbocycles. The highest BCUT2D eigenvalue weighted by Gasteiger charge is 2.34. The molecule has 2 N–H and O–H groups in total. The molecule has 23 heavy (non-hydrogen) atoms. The van der Waals surface area contributed by atoms with Crippen LogP contribution in [0.5, 0.6) is 6.01 Å². The molecular formula is C16H24N4O3. The van der Waals surface area contributed by atoms with E-state index in [0.29, 0.717) is 30.7 Å². The smallest absolute Gasteiger partial charge is 0.320 e. The van der Waals surface area contributed by atoms with Crippen molar-refractivity contribution in [2.45, 2.75) is 39.0 Å². The number of rotatable bonds is 6. The maximum absolute atomic E-state index is 12.4. The van der Waals surface area contributed by atoms with Gasteiger partial charge < -0.3 is 15.2 Å². The fourth-order valence-corrected chi connectivity index (χ4v) is 2.97. The number of unbranched alkanes of at least 4 members (excludes halogenated alkanes) is 1. The van der Waals surface area contributed by atoms with Crippen LogP contribution in [-0.2, 0) is 16.0 Å². The molecule has 1 fully saturated rings. The molecule has 0 spiro atoms. The minimum Gasteiger partial charge on any atom is -0.463 e. The van der Waals surface area contributed by atoms with Crippen molar-refractivity contribution in [3.63, 3.8) is 0 Å². The van der Waals surface area contributed by atoms with Crippen LogP contribution in [0.3, 0.4) is 0 Å². The Morgan fingerprint density at radius 1 is 1.35 bits per heavy atom. The number of hydrogen-bond donors (Lipinski definition) is 1. The first-order valence-electron chi connectivity index (χ1n) is 8.36. The Morgan fingerprint density at radius 2 is 2.13 bits per heavy atom. The molecule has 0 unspecified atom stereocenters. The Balaban J connectivity index is 1.77. The van der Waals surface area contributed by atoms with E-state index in [-0.39, 0.29) is 18.3 Å². The van der Waals surface area contributed by atoms with Crippen molar-refractivity contribution in [3.8, 4) is 6.01 Å². The van der Waals surface area contributed by atoms with Crippen molar-refractivity contribution < 1.29 is 14.3 Å². The Kier molecular flexibility index (Phi) is 4.95. The molecule has 126 valence electrons. The molecule has 2 aliphatic heterocycles. The molecule has 7 heteroatoms. The quantitative estimate of drug-likeness (QED) is 0.800. The van der Waals surface area contributed by atoms with Gasteiger partial charge in [0.05, 0.1) is 13.0 Å². The van der Waals surface area contributed by atoms with E-state index in [9.17, 15) is 4.79 Å². The van der Waals surface area contributed by atoms with Crippen LogP contribution in [0.2, 0.25) is 0 Å². The number of carbonyl (C=O) groups is 1. The molecule has 0 aliphatic carbocycles. The average molecular weight is 320 g/mol. The van der Waals surface area contributed by atoms with Gasteiger partial charge in [0.15, 0.2) is 0 Å². The average Bonchev–Trinajstić information content (AvgIpc) is 2.86. The van der Waals surface area contributed by atoms with Crippen molar-refractivity contribution in [3.05, 3.63) is 5.56 Å². The van der Waals surface area contributed by atoms with Gasteiger partial charge in [-0.05, 0) is 25.2 Å². The van der Waals surface area contributed by atoms with Gasteiger partial charge in [0.25, 0.3) is 0 Å². The van der Waals surface area contributed by atoms with Crippen LogP contribution < -0.4 is 15.4 Å². The topological polar surface area (TPSA) is 90.6 Å². The van der Waals surface area contributed by atoms with Crippen LogP contribution in [-0.4, -0.2) is 42.2 Å². The number of amides is 1. The lowest BCUT2D eigenvalue weighted by Crippen LogP contribution is -2.35. The number of fused-ring (bicyclic) bond motifs is 1. The highest BCUT2D eigenvalue weighted by molar-refractivity contribution is 6.01. The van der Waals surface area contributed by atoms with Crippen LogP contribution >= 0.6 is 0 Å². The van der Waals surface area contributed by atoms with Gasteiger partial charge in [0.1, 0.15) is 11.6 Å². The predicted octanol–water partition coefficient (Wildman–Crippen LogP) is 1.55. The first-order chi connectivity index (χ1) is 11.2. The molecule has 1 aromatic heterocycles. The summed E-state index contributed by atoms with van der Waals surface area (Å²) in [7, 11) is 0. The summed E-state index contributed by atoms with van der Waals surface area (Å²) in [4.78, 5) is 22.7. The molecule has 3 rings (SSSR count). The molecular weight excluding hydrogens is 296 g/mol. The maximum atomic E-state index is 12.4. The molecule has 0 atom stereocenters. The van der Waals surface area contributed by atoms with Crippen LogP contribution in [0.4, 0.5) is 11.6 Å². The highest BCUT2D eigenvalue weighted by atomic mass is 16.5. The first-order valence-corrected chi connectivity index (χ1v) is 8.36. The standard InChI is InChI=1S/C16H24N4O3/c1-2-3-6-23-16-18-14(17)12-9-13(21)20(15(12)19-16)10-11-4-7-22-8-5-11/h11H,2-10H2,1H3,(H2,17,18,19). The third-order valence-corrected chi connectivity index (χ3v) is 4.39. The van der Waals surface area contributed by atoms with Crippen molar-refractivity contribution in [2.75, 3.05) is 37.0 Å². The summed E-state index contributed by atoms with van der Waals surface area (Å²) < 4.78 is 11.0. The molecule has 2 aliphatic rings. The number of nitrogens with zero attached hydrogens (tertiary/aromatic N) is 3. The van der Waals surface area contributed by atoms with E-state index in [1.165, 1.54) is 0 Å². The highest BCUT2D eigenvalue weighted by Crippen LogP contribution is 2.33. The largest absolute Gasteiger partial charge is 0.463 e. The lowest BCUT2D eigenvalue weighted by Gasteiger charge is -2.27. The second-order valence-electron chi connectivity index (χ2n) is 6.13.